The van der Waals surface area contributed by atoms with Crippen LogP contribution in [0.3, 0.4) is 0 Å². The number of amides is 1. The molecule has 9 heteroatoms. The van der Waals surface area contributed by atoms with Crippen molar-refractivity contribution >= 4 is 46.1 Å². The lowest BCUT2D eigenvalue weighted by Crippen LogP contribution is -2.26. The predicted octanol–water partition coefficient (Wildman–Crippen LogP) is 4.24. The number of hydrogen-bond donors (Lipinski definition) is 2. The molecule has 0 aromatic carbocycles. The molecule has 6 nitrogen and oxygen atoms in total. The first kappa shape index (κ1) is 20.0. The van der Waals surface area contributed by atoms with Crippen LogP contribution in [0.1, 0.15) is 35.1 Å². The minimum atomic E-state index is -0.121. The van der Waals surface area contributed by atoms with Gasteiger partial charge in [0.15, 0.2) is 5.13 Å². The Kier molecular flexibility index (Phi) is 6.64. The van der Waals surface area contributed by atoms with Gasteiger partial charge in [0.2, 0.25) is 11.8 Å². The van der Waals surface area contributed by atoms with E-state index in [4.69, 9.17) is 4.42 Å². The van der Waals surface area contributed by atoms with Gasteiger partial charge in [0.25, 0.3) is 0 Å². The first-order chi connectivity index (χ1) is 12.7. The van der Waals surface area contributed by atoms with E-state index in [1.165, 1.54) is 4.88 Å². The number of hydrogen-bond acceptors (Lipinski definition) is 7. The van der Waals surface area contributed by atoms with Gasteiger partial charge in [-0.15, -0.1) is 23.7 Å². The number of nitrogens with zero attached hydrogens (tertiary/aromatic N) is 2. The lowest BCUT2D eigenvalue weighted by molar-refractivity contribution is -0.115. The number of nitrogens with one attached hydrogen (secondary N) is 2. The highest BCUT2D eigenvalue weighted by Crippen LogP contribution is 2.31. The van der Waals surface area contributed by atoms with Crippen molar-refractivity contribution in [3.8, 4) is 11.5 Å². The monoisotopic (exact) mass is 424 g/mol. The summed E-state index contributed by atoms with van der Waals surface area (Å²) in [5.41, 5.74) is 1.61. The SMILES string of the molecule is Cc1oc(-c2ccsc2)nc1CC(=O)Nc1ncc(C2CCNCC2)s1.Cl. The minimum Gasteiger partial charge on any atom is -0.441 e. The molecular weight excluding hydrogens is 404 g/mol. The van der Waals surface area contributed by atoms with Gasteiger partial charge in [-0.2, -0.15) is 11.3 Å². The summed E-state index contributed by atoms with van der Waals surface area (Å²) in [6.45, 7) is 3.93. The summed E-state index contributed by atoms with van der Waals surface area (Å²) in [6, 6.07) is 1.96. The van der Waals surface area contributed by atoms with Crippen molar-refractivity contribution in [1.29, 1.82) is 0 Å². The van der Waals surface area contributed by atoms with E-state index in [9.17, 15) is 4.79 Å². The quantitative estimate of drug-likeness (QED) is 0.640. The topological polar surface area (TPSA) is 80.1 Å². The number of halogens is 1. The molecule has 0 aliphatic carbocycles. The summed E-state index contributed by atoms with van der Waals surface area (Å²) >= 11 is 3.16. The second-order valence-corrected chi connectivity index (χ2v) is 8.19. The smallest absolute Gasteiger partial charge is 0.232 e. The maximum Gasteiger partial charge on any atom is 0.232 e. The Labute approximate surface area is 171 Å². The Morgan fingerprint density at radius 3 is 2.96 bits per heavy atom. The molecule has 1 fully saturated rings. The van der Waals surface area contributed by atoms with Gasteiger partial charge >= 0.3 is 0 Å². The zero-order valence-electron chi connectivity index (χ0n) is 14.9. The van der Waals surface area contributed by atoms with E-state index in [0.29, 0.717) is 28.4 Å². The Balaban J connectivity index is 0.00000210. The van der Waals surface area contributed by atoms with Crippen molar-refractivity contribution in [2.45, 2.75) is 32.1 Å². The Hall–Kier alpha value is -1.74. The van der Waals surface area contributed by atoms with Gasteiger partial charge in [-0.1, -0.05) is 0 Å². The lowest BCUT2D eigenvalue weighted by atomic mass is 9.97. The number of thiazole rings is 1. The second kappa shape index (κ2) is 8.97. The van der Waals surface area contributed by atoms with Gasteiger partial charge in [0, 0.05) is 22.0 Å². The fraction of sp³-hybridized carbons (Fsp3) is 0.389. The van der Waals surface area contributed by atoms with Gasteiger partial charge in [-0.3, -0.25) is 4.79 Å². The third-order valence-electron chi connectivity index (χ3n) is 4.50. The van der Waals surface area contributed by atoms with Crippen LogP contribution in [-0.2, 0) is 11.2 Å². The standard InChI is InChI=1S/C18H20N4O2S2.ClH/c1-11-14(21-17(24-11)13-4-7-25-10-13)8-16(23)22-18-20-9-15(26-18)12-2-5-19-6-3-12;/h4,7,9-10,12,19H,2-3,5-6,8H2,1H3,(H,20,22,23);1H. The van der Waals surface area contributed by atoms with Crippen LogP contribution in [0.4, 0.5) is 5.13 Å². The van der Waals surface area contributed by atoms with E-state index in [-0.39, 0.29) is 24.7 Å². The van der Waals surface area contributed by atoms with Gasteiger partial charge in [0.1, 0.15) is 5.76 Å². The molecule has 1 aliphatic rings. The zero-order chi connectivity index (χ0) is 17.9. The molecule has 4 rings (SSSR count). The first-order valence-electron chi connectivity index (χ1n) is 8.64. The van der Waals surface area contributed by atoms with E-state index in [2.05, 4.69) is 20.6 Å². The van der Waals surface area contributed by atoms with E-state index < -0.39 is 0 Å². The van der Waals surface area contributed by atoms with Gasteiger partial charge in [0.05, 0.1) is 12.1 Å². The highest BCUT2D eigenvalue weighted by atomic mass is 35.5. The molecule has 0 radical (unpaired) electrons. The summed E-state index contributed by atoms with van der Waals surface area (Å²) in [5, 5.41) is 10.9. The van der Waals surface area contributed by atoms with Crippen LogP contribution in [0.5, 0.6) is 0 Å². The van der Waals surface area contributed by atoms with E-state index in [1.54, 1.807) is 22.7 Å². The molecule has 3 aromatic rings. The average molecular weight is 425 g/mol. The van der Waals surface area contributed by atoms with Crippen LogP contribution < -0.4 is 10.6 Å². The number of carbonyl (C=O) groups excluding carboxylic acids is 1. The van der Waals surface area contributed by atoms with Crippen molar-refractivity contribution < 1.29 is 9.21 Å². The zero-order valence-corrected chi connectivity index (χ0v) is 17.3. The highest BCUT2D eigenvalue weighted by molar-refractivity contribution is 7.15. The molecule has 27 heavy (non-hydrogen) atoms. The summed E-state index contributed by atoms with van der Waals surface area (Å²) < 4.78 is 5.69. The molecule has 1 saturated heterocycles. The van der Waals surface area contributed by atoms with Crippen molar-refractivity contribution in [3.63, 3.8) is 0 Å². The maximum absolute atomic E-state index is 12.4. The molecule has 1 aliphatic heterocycles. The molecule has 0 saturated carbocycles. The molecular formula is C18H21ClN4O2S2. The summed E-state index contributed by atoms with van der Waals surface area (Å²) in [6.07, 6.45) is 4.33. The van der Waals surface area contributed by atoms with Crippen LogP contribution in [-0.4, -0.2) is 29.0 Å². The van der Waals surface area contributed by atoms with E-state index in [0.717, 1.165) is 31.5 Å². The first-order valence-corrected chi connectivity index (χ1v) is 10.4. The number of anilines is 1. The molecule has 144 valence electrons. The number of thiophene rings is 1. The fourth-order valence-corrected chi connectivity index (χ4v) is 4.69. The van der Waals surface area contributed by atoms with Gasteiger partial charge in [-0.05, 0) is 50.2 Å². The van der Waals surface area contributed by atoms with Crippen molar-refractivity contribution in [1.82, 2.24) is 15.3 Å². The second-order valence-electron chi connectivity index (χ2n) is 6.35. The fourth-order valence-electron chi connectivity index (χ4n) is 3.06. The molecule has 0 atom stereocenters. The number of rotatable bonds is 5. The molecule has 0 bridgehead atoms. The maximum atomic E-state index is 12.4. The molecule has 1 amide bonds. The van der Waals surface area contributed by atoms with Gasteiger partial charge < -0.3 is 15.1 Å². The largest absolute Gasteiger partial charge is 0.441 e. The number of piperidine rings is 1. The number of aromatic nitrogens is 2. The van der Waals surface area contributed by atoms with Crippen molar-refractivity contribution in [2.75, 3.05) is 18.4 Å². The third kappa shape index (κ3) is 4.76. The normalized spacial score (nSPS) is 14.7. The highest BCUT2D eigenvalue weighted by Gasteiger charge is 2.19. The average Bonchev–Trinajstić information content (AvgIpc) is 3.38. The van der Waals surface area contributed by atoms with Crippen LogP contribution in [0.2, 0.25) is 0 Å². The van der Waals surface area contributed by atoms with Gasteiger partial charge in [-0.25, -0.2) is 9.97 Å². The Bertz CT molecular complexity index is 885. The Morgan fingerprint density at radius 1 is 1.41 bits per heavy atom. The number of carbonyl (C=O) groups is 1. The lowest BCUT2D eigenvalue weighted by Gasteiger charge is -2.20. The summed E-state index contributed by atoms with van der Waals surface area (Å²) in [7, 11) is 0. The molecule has 3 aromatic heterocycles. The van der Waals surface area contributed by atoms with Crippen LogP contribution in [0.25, 0.3) is 11.5 Å². The summed E-state index contributed by atoms with van der Waals surface area (Å²) in [5.74, 6) is 1.67. The molecule has 0 unspecified atom stereocenters. The molecule has 4 heterocycles. The van der Waals surface area contributed by atoms with Crippen LogP contribution >= 0.6 is 35.1 Å². The van der Waals surface area contributed by atoms with Crippen molar-refractivity contribution in [2.24, 2.45) is 0 Å². The van der Waals surface area contributed by atoms with Crippen molar-refractivity contribution in [3.05, 3.63) is 39.4 Å². The van der Waals surface area contributed by atoms with Crippen LogP contribution in [0, 0.1) is 6.92 Å². The van der Waals surface area contributed by atoms with E-state index in [1.807, 2.05) is 29.9 Å². The van der Waals surface area contributed by atoms with Crippen LogP contribution in [0.15, 0.2) is 27.4 Å². The third-order valence-corrected chi connectivity index (χ3v) is 6.26. The number of aryl methyl sites for hydroxylation is 1. The summed E-state index contributed by atoms with van der Waals surface area (Å²) in [4.78, 5) is 22.5. The van der Waals surface area contributed by atoms with E-state index >= 15 is 0 Å². The molecule has 2 N–H and O–H groups in total. The number of oxazole rings is 1. The minimum absolute atomic E-state index is 0. The predicted molar refractivity (Wildman–Crippen MR) is 111 cm³/mol. The molecule has 0 spiro atoms. The Morgan fingerprint density at radius 2 is 2.22 bits per heavy atom.